The molecule has 1 amide bonds. The van der Waals surface area contributed by atoms with Gasteiger partial charge in [-0.1, -0.05) is 43.7 Å². The third-order valence-corrected chi connectivity index (χ3v) is 6.73. The van der Waals surface area contributed by atoms with Crippen molar-refractivity contribution >= 4 is 27.3 Å². The highest BCUT2D eigenvalue weighted by Crippen LogP contribution is 2.22. The Kier molecular flexibility index (Phi) is 6.90. The number of hydrogen-bond donors (Lipinski definition) is 1. The third-order valence-electron chi connectivity index (χ3n) is 4.93. The lowest BCUT2D eigenvalue weighted by Gasteiger charge is -2.19. The van der Waals surface area contributed by atoms with Gasteiger partial charge in [0.2, 0.25) is 0 Å². The number of benzene rings is 3. The van der Waals surface area contributed by atoms with Crippen molar-refractivity contribution in [1.29, 1.82) is 0 Å². The van der Waals surface area contributed by atoms with Crippen molar-refractivity contribution in [3.05, 3.63) is 90.0 Å². The van der Waals surface area contributed by atoms with Gasteiger partial charge < -0.3 is 5.32 Å². The second-order valence-corrected chi connectivity index (χ2v) is 9.06. The van der Waals surface area contributed by atoms with Crippen LogP contribution < -0.4 is 9.62 Å². The SMILES string of the molecule is CCCCc1ccc(NC(=O)c2ccc(N(C)S(=O)(=O)c3ccccc3)cc2)cc1. The number of rotatable bonds is 8. The van der Waals surface area contributed by atoms with Crippen LogP contribution in [0.25, 0.3) is 0 Å². The predicted molar refractivity (Wildman–Crippen MR) is 121 cm³/mol. The van der Waals surface area contributed by atoms with Gasteiger partial charge in [-0.25, -0.2) is 8.42 Å². The summed E-state index contributed by atoms with van der Waals surface area (Å²) in [5, 5.41) is 2.88. The second kappa shape index (κ2) is 9.59. The van der Waals surface area contributed by atoms with Crippen molar-refractivity contribution in [2.24, 2.45) is 0 Å². The highest BCUT2D eigenvalue weighted by Gasteiger charge is 2.21. The number of nitrogens with one attached hydrogen (secondary N) is 1. The molecule has 0 saturated heterocycles. The van der Waals surface area contributed by atoms with Crippen LogP contribution >= 0.6 is 0 Å². The molecule has 3 aromatic rings. The van der Waals surface area contributed by atoms with E-state index in [1.165, 1.54) is 16.9 Å². The lowest BCUT2D eigenvalue weighted by molar-refractivity contribution is 0.102. The van der Waals surface area contributed by atoms with E-state index in [-0.39, 0.29) is 10.8 Å². The van der Waals surface area contributed by atoms with E-state index in [0.717, 1.165) is 24.9 Å². The normalized spacial score (nSPS) is 11.1. The smallest absolute Gasteiger partial charge is 0.264 e. The standard InChI is InChI=1S/C24H26N2O3S/c1-3-4-8-19-11-15-21(16-12-19)25-24(27)20-13-17-22(18-14-20)26(2)30(28,29)23-9-6-5-7-10-23/h5-7,9-18H,3-4,8H2,1-2H3,(H,25,27). The minimum atomic E-state index is -3.65. The van der Waals surface area contributed by atoms with Crippen molar-refractivity contribution in [3.63, 3.8) is 0 Å². The van der Waals surface area contributed by atoms with Gasteiger partial charge in [-0.05, 0) is 66.9 Å². The summed E-state index contributed by atoms with van der Waals surface area (Å²) in [7, 11) is -2.15. The number of nitrogens with zero attached hydrogens (tertiary/aromatic N) is 1. The van der Waals surface area contributed by atoms with Crippen molar-refractivity contribution in [1.82, 2.24) is 0 Å². The largest absolute Gasteiger partial charge is 0.322 e. The molecule has 0 unspecified atom stereocenters. The van der Waals surface area contributed by atoms with E-state index < -0.39 is 10.0 Å². The number of aryl methyl sites for hydroxylation is 1. The summed E-state index contributed by atoms with van der Waals surface area (Å²) >= 11 is 0. The molecule has 0 heterocycles. The van der Waals surface area contributed by atoms with Crippen molar-refractivity contribution in [2.45, 2.75) is 31.1 Å². The molecular weight excluding hydrogens is 396 g/mol. The maximum absolute atomic E-state index is 12.7. The number of sulfonamides is 1. The molecule has 0 saturated carbocycles. The van der Waals surface area contributed by atoms with Gasteiger partial charge in [-0.15, -0.1) is 0 Å². The van der Waals surface area contributed by atoms with Crippen molar-refractivity contribution in [3.8, 4) is 0 Å². The molecule has 0 aliphatic heterocycles. The second-order valence-electron chi connectivity index (χ2n) is 7.09. The van der Waals surface area contributed by atoms with E-state index in [0.29, 0.717) is 11.3 Å². The minimum Gasteiger partial charge on any atom is -0.322 e. The fourth-order valence-electron chi connectivity index (χ4n) is 3.05. The number of carbonyl (C=O) groups excluding carboxylic acids is 1. The molecule has 1 N–H and O–H groups in total. The Balaban J connectivity index is 1.68. The topological polar surface area (TPSA) is 66.5 Å². The highest BCUT2D eigenvalue weighted by atomic mass is 32.2. The molecule has 0 aliphatic carbocycles. The van der Waals surface area contributed by atoms with Gasteiger partial charge in [0.1, 0.15) is 0 Å². The number of unbranched alkanes of at least 4 members (excludes halogenated alkanes) is 1. The number of anilines is 2. The van der Waals surface area contributed by atoms with Crippen LogP contribution in [0.15, 0.2) is 83.8 Å². The van der Waals surface area contributed by atoms with Gasteiger partial charge >= 0.3 is 0 Å². The van der Waals surface area contributed by atoms with Gasteiger partial charge in [-0.2, -0.15) is 0 Å². The van der Waals surface area contributed by atoms with Crippen LogP contribution in [0.4, 0.5) is 11.4 Å². The first-order valence-corrected chi connectivity index (χ1v) is 11.4. The zero-order valence-electron chi connectivity index (χ0n) is 17.2. The van der Waals surface area contributed by atoms with Crippen LogP contribution in [0.1, 0.15) is 35.7 Å². The summed E-state index contributed by atoms with van der Waals surface area (Å²) in [6, 6.07) is 22.6. The van der Waals surface area contributed by atoms with E-state index in [1.807, 2.05) is 24.3 Å². The van der Waals surface area contributed by atoms with Crippen LogP contribution in [0, 0.1) is 0 Å². The Bertz CT molecular complexity index is 1080. The fourth-order valence-corrected chi connectivity index (χ4v) is 4.27. The fraction of sp³-hybridized carbons (Fsp3) is 0.208. The number of amides is 1. The molecule has 0 spiro atoms. The van der Waals surface area contributed by atoms with Crippen molar-refractivity contribution < 1.29 is 13.2 Å². The van der Waals surface area contributed by atoms with E-state index in [4.69, 9.17) is 0 Å². The molecule has 0 atom stereocenters. The first-order valence-electron chi connectivity index (χ1n) is 9.96. The molecule has 0 bridgehead atoms. The Morgan fingerprint density at radius 3 is 2.13 bits per heavy atom. The molecule has 6 heteroatoms. The van der Waals surface area contributed by atoms with Crippen LogP contribution in [0.2, 0.25) is 0 Å². The third kappa shape index (κ3) is 5.07. The zero-order chi connectivity index (χ0) is 21.6. The number of hydrogen-bond acceptors (Lipinski definition) is 3. The predicted octanol–water partition coefficient (Wildman–Crippen LogP) is 5.11. The molecular formula is C24H26N2O3S. The quantitative estimate of drug-likeness (QED) is 0.549. The van der Waals surface area contributed by atoms with Crippen LogP contribution in [-0.2, 0) is 16.4 Å². The summed E-state index contributed by atoms with van der Waals surface area (Å²) in [6.45, 7) is 2.16. The van der Waals surface area contributed by atoms with E-state index >= 15 is 0 Å². The summed E-state index contributed by atoms with van der Waals surface area (Å²) < 4.78 is 26.7. The summed E-state index contributed by atoms with van der Waals surface area (Å²) in [5.74, 6) is -0.239. The first-order chi connectivity index (χ1) is 14.4. The lowest BCUT2D eigenvalue weighted by Crippen LogP contribution is -2.26. The monoisotopic (exact) mass is 422 g/mol. The van der Waals surface area contributed by atoms with Crippen molar-refractivity contribution in [2.75, 3.05) is 16.7 Å². The van der Waals surface area contributed by atoms with E-state index in [1.54, 1.807) is 54.6 Å². The molecule has 3 aromatic carbocycles. The minimum absolute atomic E-state index is 0.219. The Morgan fingerprint density at radius 2 is 1.53 bits per heavy atom. The highest BCUT2D eigenvalue weighted by molar-refractivity contribution is 7.92. The average molecular weight is 423 g/mol. The molecule has 0 aliphatic rings. The van der Waals surface area contributed by atoms with E-state index in [2.05, 4.69) is 12.2 Å². The van der Waals surface area contributed by atoms with Crippen LogP contribution in [-0.4, -0.2) is 21.4 Å². The summed E-state index contributed by atoms with van der Waals surface area (Å²) in [6.07, 6.45) is 3.33. The Hall–Kier alpha value is -3.12. The van der Waals surface area contributed by atoms with Gasteiger partial charge in [0.05, 0.1) is 10.6 Å². The average Bonchev–Trinajstić information content (AvgIpc) is 2.78. The molecule has 156 valence electrons. The molecule has 0 aromatic heterocycles. The molecule has 30 heavy (non-hydrogen) atoms. The maximum atomic E-state index is 12.7. The van der Waals surface area contributed by atoms with Gasteiger partial charge in [-0.3, -0.25) is 9.10 Å². The van der Waals surface area contributed by atoms with E-state index in [9.17, 15) is 13.2 Å². The summed E-state index contributed by atoms with van der Waals surface area (Å²) in [4.78, 5) is 12.7. The van der Waals surface area contributed by atoms with Gasteiger partial charge in [0.15, 0.2) is 0 Å². The van der Waals surface area contributed by atoms with Crippen LogP contribution in [0.5, 0.6) is 0 Å². The molecule has 0 radical (unpaired) electrons. The zero-order valence-corrected chi connectivity index (χ0v) is 18.0. The first kappa shape index (κ1) is 21.6. The van der Waals surface area contributed by atoms with Crippen LogP contribution in [0.3, 0.4) is 0 Å². The molecule has 5 nitrogen and oxygen atoms in total. The lowest BCUT2D eigenvalue weighted by atomic mass is 10.1. The van der Waals surface area contributed by atoms with Gasteiger partial charge in [0, 0.05) is 18.3 Å². The number of carbonyl (C=O) groups is 1. The molecule has 0 fully saturated rings. The molecule has 3 rings (SSSR count). The Labute approximate surface area is 178 Å². The Morgan fingerprint density at radius 1 is 0.900 bits per heavy atom. The maximum Gasteiger partial charge on any atom is 0.264 e. The summed E-state index contributed by atoms with van der Waals surface area (Å²) in [5.41, 5.74) is 2.92. The van der Waals surface area contributed by atoms with Gasteiger partial charge in [0.25, 0.3) is 15.9 Å².